The molecular formula is C23H29N5O2. The standard InChI is InChI=1S/C23H29N5O2/c1-15-8-20(25-23(24-15)26-6-4-3-5-7-26)18-10-21-19-9-17(12-27(14-19)16(2)29)13-28(21)22(30)11-18/h8,10-11,17,19H,3-7,9,12-14H2,1-2H3/t17-,19+/m0/s1. The van der Waals surface area contributed by atoms with Gasteiger partial charge in [0.15, 0.2) is 0 Å². The summed E-state index contributed by atoms with van der Waals surface area (Å²) in [5.41, 5.74) is 3.65. The number of rotatable bonds is 2. The van der Waals surface area contributed by atoms with Gasteiger partial charge in [-0.25, -0.2) is 9.97 Å². The van der Waals surface area contributed by atoms with Crippen molar-refractivity contribution in [3.63, 3.8) is 0 Å². The molecule has 0 N–H and O–H groups in total. The van der Waals surface area contributed by atoms with E-state index in [1.54, 1.807) is 13.0 Å². The van der Waals surface area contributed by atoms with E-state index in [2.05, 4.69) is 16.0 Å². The van der Waals surface area contributed by atoms with E-state index in [0.29, 0.717) is 19.0 Å². The summed E-state index contributed by atoms with van der Waals surface area (Å²) in [7, 11) is 0. The molecule has 5 rings (SSSR count). The van der Waals surface area contributed by atoms with E-state index in [9.17, 15) is 9.59 Å². The lowest BCUT2D eigenvalue weighted by molar-refractivity contribution is -0.131. The number of carbonyl (C=O) groups is 1. The summed E-state index contributed by atoms with van der Waals surface area (Å²) in [6.45, 7) is 7.73. The highest BCUT2D eigenvalue weighted by atomic mass is 16.2. The third-order valence-corrected chi connectivity index (χ3v) is 6.78. The number of nitrogens with zero attached hydrogens (tertiary/aromatic N) is 5. The van der Waals surface area contributed by atoms with Gasteiger partial charge in [0.2, 0.25) is 11.9 Å². The molecule has 2 aromatic heterocycles. The number of carbonyl (C=O) groups excluding carboxylic acids is 1. The third-order valence-electron chi connectivity index (χ3n) is 6.78. The van der Waals surface area contributed by atoms with Crippen molar-refractivity contribution in [3.8, 4) is 11.3 Å². The summed E-state index contributed by atoms with van der Waals surface area (Å²) in [4.78, 5) is 38.7. The summed E-state index contributed by atoms with van der Waals surface area (Å²) >= 11 is 0. The molecule has 0 spiro atoms. The minimum atomic E-state index is 0.0317. The number of likely N-dealkylation sites (tertiary alicyclic amines) is 1. The summed E-state index contributed by atoms with van der Waals surface area (Å²) in [5.74, 6) is 1.45. The van der Waals surface area contributed by atoms with E-state index < -0.39 is 0 Å². The van der Waals surface area contributed by atoms with Crippen molar-refractivity contribution in [1.82, 2.24) is 19.4 Å². The highest BCUT2D eigenvalue weighted by Gasteiger charge is 2.35. The largest absolute Gasteiger partial charge is 0.342 e. The van der Waals surface area contributed by atoms with Crippen molar-refractivity contribution in [2.24, 2.45) is 5.92 Å². The Morgan fingerprint density at radius 1 is 1.03 bits per heavy atom. The molecule has 2 aromatic rings. The maximum absolute atomic E-state index is 13.0. The van der Waals surface area contributed by atoms with Crippen molar-refractivity contribution >= 4 is 11.9 Å². The zero-order valence-corrected chi connectivity index (χ0v) is 17.8. The van der Waals surface area contributed by atoms with E-state index in [0.717, 1.165) is 54.6 Å². The van der Waals surface area contributed by atoms with Crippen LogP contribution >= 0.6 is 0 Å². The predicted octanol–water partition coefficient (Wildman–Crippen LogP) is 2.57. The number of hydrogen-bond donors (Lipinski definition) is 0. The van der Waals surface area contributed by atoms with Crippen LogP contribution in [0.3, 0.4) is 0 Å². The van der Waals surface area contributed by atoms with Crippen LogP contribution in [-0.2, 0) is 11.3 Å². The van der Waals surface area contributed by atoms with Crippen LogP contribution in [0.1, 0.15) is 49.9 Å². The molecule has 3 aliphatic rings. The van der Waals surface area contributed by atoms with Crippen LogP contribution in [0.2, 0.25) is 0 Å². The molecule has 30 heavy (non-hydrogen) atoms. The molecule has 3 aliphatic heterocycles. The van der Waals surface area contributed by atoms with Crippen molar-refractivity contribution in [2.75, 3.05) is 31.1 Å². The molecule has 2 bridgehead atoms. The van der Waals surface area contributed by atoms with Gasteiger partial charge in [0.1, 0.15) is 0 Å². The maximum atomic E-state index is 13.0. The quantitative estimate of drug-likeness (QED) is 0.765. The van der Waals surface area contributed by atoms with E-state index in [1.807, 2.05) is 22.5 Å². The summed E-state index contributed by atoms with van der Waals surface area (Å²) < 4.78 is 1.92. The Kier molecular flexibility index (Phi) is 4.83. The topological polar surface area (TPSA) is 71.3 Å². The lowest BCUT2D eigenvalue weighted by Gasteiger charge is -2.42. The zero-order valence-electron chi connectivity index (χ0n) is 17.8. The van der Waals surface area contributed by atoms with Crippen LogP contribution in [0.15, 0.2) is 23.0 Å². The fourth-order valence-electron chi connectivity index (χ4n) is 5.30. The number of piperidine rings is 2. The Morgan fingerprint density at radius 3 is 2.60 bits per heavy atom. The Balaban J connectivity index is 1.53. The highest BCUT2D eigenvalue weighted by Crippen LogP contribution is 2.36. The van der Waals surface area contributed by atoms with Crippen molar-refractivity contribution in [1.29, 1.82) is 0 Å². The molecule has 158 valence electrons. The SMILES string of the molecule is CC(=O)N1C[C@@H]2C[C@H](C1)c1cc(-c3cc(C)nc(N4CCCCC4)n3)cc(=O)n1C2. The monoisotopic (exact) mass is 407 g/mol. The molecular weight excluding hydrogens is 378 g/mol. The zero-order chi connectivity index (χ0) is 20.8. The average molecular weight is 408 g/mol. The molecule has 2 fully saturated rings. The molecule has 2 atom stereocenters. The lowest BCUT2D eigenvalue weighted by atomic mass is 9.82. The highest BCUT2D eigenvalue weighted by molar-refractivity contribution is 5.73. The van der Waals surface area contributed by atoms with Crippen LogP contribution in [-0.4, -0.2) is 51.5 Å². The van der Waals surface area contributed by atoms with Gasteiger partial charge < -0.3 is 14.4 Å². The number of fused-ring (bicyclic) bond motifs is 4. The normalized spacial score (nSPS) is 23.3. The first kappa shape index (κ1) is 19.3. The van der Waals surface area contributed by atoms with Crippen LogP contribution in [0.5, 0.6) is 0 Å². The van der Waals surface area contributed by atoms with E-state index in [1.165, 1.54) is 19.3 Å². The second kappa shape index (κ2) is 7.52. The predicted molar refractivity (Wildman–Crippen MR) is 116 cm³/mol. The van der Waals surface area contributed by atoms with E-state index >= 15 is 0 Å². The van der Waals surface area contributed by atoms with Crippen LogP contribution in [0, 0.1) is 12.8 Å². The first-order chi connectivity index (χ1) is 14.5. The van der Waals surface area contributed by atoms with Gasteiger partial charge in [-0.3, -0.25) is 9.59 Å². The fourth-order valence-corrected chi connectivity index (χ4v) is 5.30. The minimum Gasteiger partial charge on any atom is -0.342 e. The second-order valence-electron chi connectivity index (χ2n) is 9.08. The molecule has 0 saturated carbocycles. The molecule has 0 radical (unpaired) electrons. The van der Waals surface area contributed by atoms with Gasteiger partial charge >= 0.3 is 0 Å². The van der Waals surface area contributed by atoms with Crippen molar-refractivity contribution in [2.45, 2.75) is 52.0 Å². The Hall–Kier alpha value is -2.70. The molecule has 0 unspecified atom stereocenters. The number of aryl methyl sites for hydroxylation is 1. The van der Waals surface area contributed by atoms with Gasteiger partial charge in [-0.1, -0.05) is 0 Å². The molecule has 5 heterocycles. The smallest absolute Gasteiger partial charge is 0.251 e. The number of anilines is 1. The van der Waals surface area contributed by atoms with Gasteiger partial charge in [0.25, 0.3) is 5.56 Å². The van der Waals surface area contributed by atoms with Gasteiger partial charge in [-0.05, 0) is 50.7 Å². The fraction of sp³-hybridized carbons (Fsp3) is 0.565. The first-order valence-corrected chi connectivity index (χ1v) is 11.1. The van der Waals surface area contributed by atoms with Gasteiger partial charge in [0.05, 0.1) is 5.69 Å². The molecule has 0 aromatic carbocycles. The Morgan fingerprint density at radius 2 is 1.83 bits per heavy atom. The van der Waals surface area contributed by atoms with Gasteiger partial charge in [-0.2, -0.15) is 0 Å². The Bertz CT molecular complexity index is 1040. The van der Waals surface area contributed by atoms with Crippen LogP contribution < -0.4 is 10.5 Å². The first-order valence-electron chi connectivity index (χ1n) is 11.1. The van der Waals surface area contributed by atoms with Crippen molar-refractivity contribution in [3.05, 3.63) is 39.9 Å². The van der Waals surface area contributed by atoms with E-state index in [4.69, 9.17) is 4.98 Å². The number of aromatic nitrogens is 3. The molecule has 1 amide bonds. The summed E-state index contributed by atoms with van der Waals surface area (Å²) in [6.07, 6.45) is 4.63. The van der Waals surface area contributed by atoms with E-state index in [-0.39, 0.29) is 17.4 Å². The number of hydrogen-bond acceptors (Lipinski definition) is 5. The molecule has 7 nitrogen and oxygen atoms in total. The molecule has 7 heteroatoms. The van der Waals surface area contributed by atoms with Gasteiger partial charge in [0, 0.05) is 68.6 Å². The van der Waals surface area contributed by atoms with Crippen LogP contribution in [0.4, 0.5) is 5.95 Å². The van der Waals surface area contributed by atoms with Gasteiger partial charge in [-0.15, -0.1) is 0 Å². The summed E-state index contributed by atoms with van der Waals surface area (Å²) in [5, 5.41) is 0. The Labute approximate surface area is 176 Å². The number of amides is 1. The maximum Gasteiger partial charge on any atom is 0.251 e. The molecule has 2 saturated heterocycles. The number of pyridine rings is 1. The molecule has 0 aliphatic carbocycles. The van der Waals surface area contributed by atoms with Crippen LogP contribution in [0.25, 0.3) is 11.3 Å². The minimum absolute atomic E-state index is 0.0317. The van der Waals surface area contributed by atoms with Crippen molar-refractivity contribution < 1.29 is 4.79 Å². The third kappa shape index (κ3) is 3.50. The summed E-state index contributed by atoms with van der Waals surface area (Å²) in [6, 6.07) is 5.80. The lowest BCUT2D eigenvalue weighted by Crippen LogP contribution is -2.48. The average Bonchev–Trinajstić information content (AvgIpc) is 2.74. The second-order valence-corrected chi connectivity index (χ2v) is 9.08.